The molecule has 2 fully saturated rings. The number of hydrogen-bond donors (Lipinski definition) is 0. The zero-order valence-electron chi connectivity index (χ0n) is 17.4. The number of methoxy groups -OCH3 is 1. The first-order valence-electron chi connectivity index (χ1n) is 10.8. The quantitative estimate of drug-likeness (QED) is 0.663. The van der Waals surface area contributed by atoms with Crippen LogP contribution in [0, 0.1) is 0 Å². The number of rotatable bonds is 6. The van der Waals surface area contributed by atoms with Crippen LogP contribution in [-0.2, 0) is 13.1 Å². The molecule has 2 aliphatic heterocycles. The van der Waals surface area contributed by atoms with Crippen LogP contribution in [0.5, 0.6) is 5.75 Å². The highest BCUT2D eigenvalue weighted by atomic mass is 35.5. The third kappa shape index (κ3) is 5.96. The maximum absolute atomic E-state index is 6.09. The molecule has 0 amide bonds. The predicted octanol–water partition coefficient (Wildman–Crippen LogP) is 4.58. The Morgan fingerprint density at radius 3 is 2.34 bits per heavy atom. The van der Waals surface area contributed by atoms with Crippen molar-refractivity contribution in [1.82, 2.24) is 14.7 Å². The zero-order valence-corrected chi connectivity index (χ0v) is 18.9. The lowest BCUT2D eigenvalue weighted by atomic mass is 10.0. The molecule has 1 aromatic heterocycles. The molecule has 0 unspecified atom stereocenters. The number of piperidine rings is 1. The molecular weight excluding hydrogens is 402 g/mol. The number of benzene rings is 1. The number of ether oxygens (including phenoxy) is 1. The van der Waals surface area contributed by atoms with Crippen LogP contribution in [0.15, 0.2) is 36.4 Å². The molecule has 0 aliphatic carbocycles. The number of hydrogen-bond acceptors (Lipinski definition) is 5. The summed E-state index contributed by atoms with van der Waals surface area (Å²) in [4.78, 5) is 9.34. The highest BCUT2D eigenvalue weighted by Gasteiger charge is 2.26. The summed E-state index contributed by atoms with van der Waals surface area (Å²) in [5.41, 5.74) is 1.38. The highest BCUT2D eigenvalue weighted by molar-refractivity contribution is 7.16. The Hall–Kier alpha value is -1.11. The van der Waals surface area contributed by atoms with Crippen LogP contribution >= 0.6 is 22.9 Å². The van der Waals surface area contributed by atoms with E-state index in [4.69, 9.17) is 16.3 Å². The summed E-state index contributed by atoms with van der Waals surface area (Å²) in [7, 11) is 1.72. The number of halogens is 1. The Morgan fingerprint density at radius 1 is 0.897 bits per heavy atom. The molecule has 0 bridgehead atoms. The van der Waals surface area contributed by atoms with Crippen molar-refractivity contribution in [3.8, 4) is 5.75 Å². The third-order valence-corrected chi connectivity index (χ3v) is 7.49. The van der Waals surface area contributed by atoms with E-state index in [1.807, 2.05) is 6.07 Å². The fraction of sp³-hybridized carbons (Fsp3) is 0.565. The van der Waals surface area contributed by atoms with Crippen LogP contribution in [0.1, 0.15) is 29.7 Å². The van der Waals surface area contributed by atoms with Gasteiger partial charge in [0.2, 0.25) is 0 Å². The molecule has 4 nitrogen and oxygen atoms in total. The van der Waals surface area contributed by atoms with Crippen molar-refractivity contribution in [2.45, 2.75) is 38.4 Å². The lowest BCUT2D eigenvalue weighted by Gasteiger charge is -2.38. The fourth-order valence-electron chi connectivity index (χ4n) is 4.60. The van der Waals surface area contributed by atoms with Gasteiger partial charge in [0.25, 0.3) is 0 Å². The smallest absolute Gasteiger partial charge is 0.118 e. The average Bonchev–Trinajstić information content (AvgIpc) is 3.01. The van der Waals surface area contributed by atoms with Gasteiger partial charge in [0, 0.05) is 37.1 Å². The van der Waals surface area contributed by atoms with E-state index in [0.717, 1.165) is 29.2 Å². The minimum Gasteiger partial charge on any atom is -0.497 e. The first kappa shape index (κ1) is 21.1. The molecule has 3 heterocycles. The standard InChI is InChI=1S/C23H32ClN3OS/c1-28-21-5-3-19(4-6-21)17-26-13-9-20(10-14-26)27-12-2-11-25(15-16-27)18-22-7-8-23(24)29-22/h3-8,20H,2,9-18H2,1H3. The molecular formula is C23H32ClN3OS. The maximum atomic E-state index is 6.09. The molecule has 158 valence electrons. The summed E-state index contributed by atoms with van der Waals surface area (Å²) >= 11 is 7.81. The zero-order chi connectivity index (χ0) is 20.1. The Morgan fingerprint density at radius 2 is 1.66 bits per heavy atom. The summed E-state index contributed by atoms with van der Waals surface area (Å²) in [6.45, 7) is 9.30. The summed E-state index contributed by atoms with van der Waals surface area (Å²) in [5.74, 6) is 0.935. The van der Waals surface area contributed by atoms with Gasteiger partial charge in [0.05, 0.1) is 11.4 Å². The summed E-state index contributed by atoms with van der Waals surface area (Å²) in [5, 5.41) is 0. The van der Waals surface area contributed by atoms with E-state index < -0.39 is 0 Å². The van der Waals surface area contributed by atoms with Crippen LogP contribution in [0.4, 0.5) is 0 Å². The molecule has 4 rings (SSSR count). The monoisotopic (exact) mass is 433 g/mol. The second-order valence-corrected chi connectivity index (χ2v) is 10.0. The van der Waals surface area contributed by atoms with Gasteiger partial charge in [-0.3, -0.25) is 14.7 Å². The summed E-state index contributed by atoms with van der Waals surface area (Å²) in [6.07, 6.45) is 3.85. The molecule has 1 aromatic carbocycles. The summed E-state index contributed by atoms with van der Waals surface area (Å²) in [6, 6.07) is 13.5. The number of nitrogens with zero attached hydrogens (tertiary/aromatic N) is 3. The van der Waals surface area contributed by atoms with Crippen molar-refractivity contribution >= 4 is 22.9 Å². The highest BCUT2D eigenvalue weighted by Crippen LogP contribution is 2.24. The van der Waals surface area contributed by atoms with E-state index >= 15 is 0 Å². The molecule has 29 heavy (non-hydrogen) atoms. The van der Waals surface area contributed by atoms with Gasteiger partial charge >= 0.3 is 0 Å². The van der Waals surface area contributed by atoms with Gasteiger partial charge in [-0.15, -0.1) is 11.3 Å². The van der Waals surface area contributed by atoms with Crippen LogP contribution < -0.4 is 4.74 Å². The Bertz CT molecular complexity index is 758. The molecule has 0 radical (unpaired) electrons. The molecule has 0 N–H and O–H groups in total. The molecule has 0 saturated carbocycles. The SMILES string of the molecule is COc1ccc(CN2CCC(N3CCCN(Cc4ccc(Cl)s4)CC3)CC2)cc1. The van der Waals surface area contributed by atoms with Gasteiger partial charge in [-0.2, -0.15) is 0 Å². The van der Waals surface area contributed by atoms with E-state index in [2.05, 4.69) is 45.0 Å². The minimum atomic E-state index is 0.748. The van der Waals surface area contributed by atoms with Crippen molar-refractivity contribution in [3.05, 3.63) is 51.2 Å². The Balaban J connectivity index is 1.22. The van der Waals surface area contributed by atoms with E-state index in [9.17, 15) is 0 Å². The topological polar surface area (TPSA) is 19.0 Å². The number of thiophene rings is 1. The molecule has 2 aliphatic rings. The van der Waals surface area contributed by atoms with E-state index in [-0.39, 0.29) is 0 Å². The molecule has 0 atom stereocenters. The number of likely N-dealkylation sites (tertiary alicyclic amines) is 1. The van der Waals surface area contributed by atoms with Crippen LogP contribution in [-0.4, -0.2) is 67.1 Å². The van der Waals surface area contributed by atoms with Crippen LogP contribution in [0.3, 0.4) is 0 Å². The molecule has 2 aromatic rings. The van der Waals surface area contributed by atoms with Crippen LogP contribution in [0.2, 0.25) is 4.34 Å². The van der Waals surface area contributed by atoms with Gasteiger partial charge in [-0.1, -0.05) is 23.7 Å². The first-order valence-corrected chi connectivity index (χ1v) is 11.9. The van der Waals surface area contributed by atoms with Gasteiger partial charge < -0.3 is 4.74 Å². The minimum absolute atomic E-state index is 0.748. The van der Waals surface area contributed by atoms with Crippen molar-refractivity contribution in [2.24, 2.45) is 0 Å². The van der Waals surface area contributed by atoms with Crippen molar-refractivity contribution in [3.63, 3.8) is 0 Å². The molecule has 0 spiro atoms. The van der Waals surface area contributed by atoms with Crippen molar-refractivity contribution in [1.29, 1.82) is 0 Å². The van der Waals surface area contributed by atoms with Gasteiger partial charge in [-0.25, -0.2) is 0 Å². The van der Waals surface area contributed by atoms with Crippen molar-refractivity contribution < 1.29 is 4.74 Å². The van der Waals surface area contributed by atoms with Gasteiger partial charge in [0.15, 0.2) is 0 Å². The van der Waals surface area contributed by atoms with Gasteiger partial charge in [0.1, 0.15) is 5.75 Å². The average molecular weight is 434 g/mol. The van der Waals surface area contributed by atoms with E-state index in [0.29, 0.717) is 0 Å². The first-order chi connectivity index (χ1) is 14.2. The van der Waals surface area contributed by atoms with Gasteiger partial charge in [-0.05, 0) is 75.3 Å². The lowest BCUT2D eigenvalue weighted by molar-refractivity contribution is 0.106. The van der Waals surface area contributed by atoms with E-state index in [1.54, 1.807) is 18.4 Å². The third-order valence-electron chi connectivity index (χ3n) is 6.27. The predicted molar refractivity (Wildman–Crippen MR) is 122 cm³/mol. The van der Waals surface area contributed by atoms with Crippen LogP contribution in [0.25, 0.3) is 0 Å². The Labute approximate surface area is 184 Å². The Kier molecular flexibility index (Phi) is 7.49. The second-order valence-electron chi connectivity index (χ2n) is 8.23. The second kappa shape index (κ2) is 10.3. The summed E-state index contributed by atoms with van der Waals surface area (Å²) < 4.78 is 6.17. The van der Waals surface area contributed by atoms with Crippen molar-refractivity contribution in [2.75, 3.05) is 46.4 Å². The maximum Gasteiger partial charge on any atom is 0.118 e. The lowest BCUT2D eigenvalue weighted by Crippen LogP contribution is -2.45. The molecule has 2 saturated heterocycles. The fourth-order valence-corrected chi connectivity index (χ4v) is 5.73. The normalized spacial score (nSPS) is 20.6. The van der Waals surface area contributed by atoms with E-state index in [1.165, 1.54) is 69.0 Å². The molecule has 6 heteroatoms. The largest absolute Gasteiger partial charge is 0.497 e.